The van der Waals surface area contributed by atoms with E-state index in [-0.39, 0.29) is 0 Å². The van der Waals surface area contributed by atoms with Gasteiger partial charge in [-0.2, -0.15) is 5.26 Å². The molecule has 0 atom stereocenters. The SMILES string of the molecule is CC(C)/C=C/C(C#N)=C\c1ccccc1. The van der Waals surface area contributed by atoms with Crippen LogP contribution in [0.2, 0.25) is 0 Å². The van der Waals surface area contributed by atoms with Gasteiger partial charge in [0.1, 0.15) is 0 Å². The van der Waals surface area contributed by atoms with Crippen molar-refractivity contribution in [3.63, 3.8) is 0 Å². The van der Waals surface area contributed by atoms with E-state index >= 15 is 0 Å². The number of rotatable bonds is 3. The molecule has 0 heterocycles. The van der Waals surface area contributed by atoms with E-state index in [2.05, 4.69) is 19.9 Å². The van der Waals surface area contributed by atoms with E-state index in [1.165, 1.54) is 0 Å². The van der Waals surface area contributed by atoms with Crippen LogP contribution in [-0.2, 0) is 0 Å². The van der Waals surface area contributed by atoms with Crippen LogP contribution >= 0.6 is 0 Å². The molecule has 0 unspecified atom stereocenters. The molecule has 0 aliphatic rings. The van der Waals surface area contributed by atoms with Crippen molar-refractivity contribution in [3.05, 3.63) is 53.6 Å². The Kier molecular flexibility index (Phi) is 4.37. The topological polar surface area (TPSA) is 23.8 Å². The van der Waals surface area contributed by atoms with Gasteiger partial charge in [0, 0.05) is 0 Å². The van der Waals surface area contributed by atoms with Crippen LogP contribution in [-0.4, -0.2) is 0 Å². The van der Waals surface area contributed by atoms with Crippen LogP contribution in [0.3, 0.4) is 0 Å². The van der Waals surface area contributed by atoms with Crippen molar-refractivity contribution in [1.82, 2.24) is 0 Å². The quantitative estimate of drug-likeness (QED) is 0.534. The normalized spacial score (nSPS) is 12.0. The molecule has 0 amide bonds. The molecule has 0 fully saturated rings. The fourth-order valence-corrected chi connectivity index (χ4v) is 1.14. The second-order valence-electron chi connectivity index (χ2n) is 3.73. The van der Waals surface area contributed by atoms with E-state index in [0.29, 0.717) is 11.5 Å². The molecule has 1 nitrogen and oxygen atoms in total. The van der Waals surface area contributed by atoms with Gasteiger partial charge >= 0.3 is 0 Å². The van der Waals surface area contributed by atoms with Gasteiger partial charge in [-0.25, -0.2) is 0 Å². The van der Waals surface area contributed by atoms with Gasteiger partial charge in [-0.15, -0.1) is 0 Å². The highest BCUT2D eigenvalue weighted by atomic mass is 14.2. The Labute approximate surface area is 91.4 Å². The molecule has 1 heteroatoms. The van der Waals surface area contributed by atoms with Crippen LogP contribution in [0.5, 0.6) is 0 Å². The molecule has 1 rings (SSSR count). The highest BCUT2D eigenvalue weighted by Crippen LogP contribution is 2.08. The van der Waals surface area contributed by atoms with E-state index in [0.717, 1.165) is 5.56 Å². The van der Waals surface area contributed by atoms with Gasteiger partial charge in [-0.05, 0) is 23.6 Å². The second-order valence-corrected chi connectivity index (χ2v) is 3.73. The Bertz CT molecular complexity index is 391. The molecule has 0 spiro atoms. The van der Waals surface area contributed by atoms with E-state index in [1.807, 2.05) is 48.6 Å². The lowest BCUT2D eigenvalue weighted by Crippen LogP contribution is -1.79. The minimum Gasteiger partial charge on any atom is -0.192 e. The first-order chi connectivity index (χ1) is 7.22. The minimum absolute atomic E-state index is 0.470. The van der Waals surface area contributed by atoms with E-state index < -0.39 is 0 Å². The fourth-order valence-electron chi connectivity index (χ4n) is 1.14. The lowest BCUT2D eigenvalue weighted by Gasteiger charge is -1.94. The van der Waals surface area contributed by atoms with Gasteiger partial charge in [0.05, 0.1) is 11.6 Å². The van der Waals surface area contributed by atoms with Gasteiger partial charge in [-0.3, -0.25) is 0 Å². The third kappa shape index (κ3) is 4.28. The molecule has 0 N–H and O–H groups in total. The zero-order chi connectivity index (χ0) is 11.1. The van der Waals surface area contributed by atoms with Gasteiger partial charge in [0.2, 0.25) is 0 Å². The Morgan fingerprint density at radius 1 is 1.27 bits per heavy atom. The average molecular weight is 197 g/mol. The van der Waals surface area contributed by atoms with Crippen molar-refractivity contribution in [2.75, 3.05) is 0 Å². The van der Waals surface area contributed by atoms with Crippen LogP contribution in [0.15, 0.2) is 48.1 Å². The zero-order valence-electron chi connectivity index (χ0n) is 9.14. The van der Waals surface area contributed by atoms with Crippen LogP contribution in [0, 0.1) is 17.2 Å². The maximum atomic E-state index is 8.93. The van der Waals surface area contributed by atoms with Gasteiger partial charge < -0.3 is 0 Å². The smallest absolute Gasteiger partial charge is 0.0991 e. The van der Waals surface area contributed by atoms with Crippen molar-refractivity contribution in [2.24, 2.45) is 5.92 Å². The molecule has 0 saturated carbocycles. The van der Waals surface area contributed by atoms with Gasteiger partial charge in [0.25, 0.3) is 0 Å². The molecule has 0 aliphatic heterocycles. The lowest BCUT2D eigenvalue weighted by molar-refractivity contribution is 0.831. The van der Waals surface area contributed by atoms with E-state index in [1.54, 1.807) is 0 Å². The predicted octanol–water partition coefficient (Wildman–Crippen LogP) is 3.81. The third-order valence-electron chi connectivity index (χ3n) is 1.91. The molecule has 1 aromatic carbocycles. The Morgan fingerprint density at radius 3 is 2.47 bits per heavy atom. The first kappa shape index (κ1) is 11.3. The van der Waals surface area contributed by atoms with Crippen molar-refractivity contribution in [2.45, 2.75) is 13.8 Å². The number of benzene rings is 1. The fraction of sp³-hybridized carbons (Fsp3) is 0.214. The number of nitriles is 1. The number of hydrogen-bond acceptors (Lipinski definition) is 1. The van der Waals surface area contributed by atoms with Crippen LogP contribution < -0.4 is 0 Å². The molecular formula is C14H15N. The largest absolute Gasteiger partial charge is 0.192 e. The number of allylic oxidation sites excluding steroid dienone is 3. The first-order valence-corrected chi connectivity index (χ1v) is 5.07. The number of nitrogens with zero attached hydrogens (tertiary/aromatic N) is 1. The molecule has 0 aliphatic carbocycles. The average Bonchev–Trinajstić information content (AvgIpc) is 2.25. The van der Waals surface area contributed by atoms with Crippen LogP contribution in [0.25, 0.3) is 6.08 Å². The van der Waals surface area contributed by atoms with Gasteiger partial charge in [-0.1, -0.05) is 50.3 Å². The summed E-state index contributed by atoms with van der Waals surface area (Å²) in [5, 5.41) is 8.93. The third-order valence-corrected chi connectivity index (χ3v) is 1.91. The summed E-state index contributed by atoms with van der Waals surface area (Å²) < 4.78 is 0. The summed E-state index contributed by atoms with van der Waals surface area (Å²) in [5.74, 6) is 0.470. The summed E-state index contributed by atoms with van der Waals surface area (Å²) in [7, 11) is 0. The molecule has 0 bridgehead atoms. The number of hydrogen-bond donors (Lipinski definition) is 0. The molecule has 0 aromatic heterocycles. The monoisotopic (exact) mass is 197 g/mol. The van der Waals surface area contributed by atoms with Crippen molar-refractivity contribution < 1.29 is 0 Å². The Hall–Kier alpha value is -1.81. The summed E-state index contributed by atoms with van der Waals surface area (Å²) >= 11 is 0. The maximum absolute atomic E-state index is 8.93. The van der Waals surface area contributed by atoms with Crippen molar-refractivity contribution in [3.8, 4) is 6.07 Å². The Balaban J connectivity index is 2.85. The summed E-state index contributed by atoms with van der Waals surface area (Å²) in [6, 6.07) is 12.0. The molecule has 15 heavy (non-hydrogen) atoms. The lowest BCUT2D eigenvalue weighted by atomic mass is 10.1. The Morgan fingerprint density at radius 2 is 1.93 bits per heavy atom. The van der Waals surface area contributed by atoms with E-state index in [4.69, 9.17) is 5.26 Å². The summed E-state index contributed by atoms with van der Waals surface area (Å²) in [6.45, 7) is 4.18. The first-order valence-electron chi connectivity index (χ1n) is 5.07. The summed E-state index contributed by atoms with van der Waals surface area (Å²) in [6.07, 6.45) is 5.79. The predicted molar refractivity (Wildman–Crippen MR) is 64.0 cm³/mol. The summed E-state index contributed by atoms with van der Waals surface area (Å²) in [4.78, 5) is 0. The highest BCUT2D eigenvalue weighted by molar-refractivity contribution is 5.60. The van der Waals surface area contributed by atoms with Crippen molar-refractivity contribution >= 4 is 6.08 Å². The minimum atomic E-state index is 0.470. The van der Waals surface area contributed by atoms with Gasteiger partial charge in [0.15, 0.2) is 0 Å². The van der Waals surface area contributed by atoms with Crippen molar-refractivity contribution in [1.29, 1.82) is 5.26 Å². The maximum Gasteiger partial charge on any atom is 0.0991 e. The standard InChI is InChI=1S/C14H15N/c1-12(2)8-9-14(11-15)10-13-6-4-3-5-7-13/h3-10,12H,1-2H3/b9-8+,14-10+. The van der Waals surface area contributed by atoms with Crippen LogP contribution in [0.4, 0.5) is 0 Å². The summed E-state index contributed by atoms with van der Waals surface area (Å²) in [5.41, 5.74) is 1.75. The second kappa shape index (κ2) is 5.82. The molecule has 1 aromatic rings. The molecule has 0 radical (unpaired) electrons. The highest BCUT2D eigenvalue weighted by Gasteiger charge is 1.91. The molecule has 0 saturated heterocycles. The molecule has 76 valence electrons. The molecular weight excluding hydrogens is 182 g/mol. The van der Waals surface area contributed by atoms with E-state index in [9.17, 15) is 0 Å². The van der Waals surface area contributed by atoms with Crippen LogP contribution in [0.1, 0.15) is 19.4 Å². The zero-order valence-corrected chi connectivity index (χ0v) is 9.14.